The molecule has 3 heteroatoms. The van der Waals surface area contributed by atoms with Crippen LogP contribution in [0.5, 0.6) is 0 Å². The highest BCUT2D eigenvalue weighted by Gasteiger charge is 2.20. The van der Waals surface area contributed by atoms with Crippen LogP contribution in [0.4, 0.5) is 0 Å². The van der Waals surface area contributed by atoms with Crippen molar-refractivity contribution in [2.24, 2.45) is 11.7 Å². The number of hydrogen-bond donors (Lipinski definition) is 1. The lowest BCUT2D eigenvalue weighted by Gasteiger charge is -2.19. The topological polar surface area (TPSA) is 43.1 Å². The molecule has 1 amide bonds. The maximum atomic E-state index is 11.0. The Balaban J connectivity index is 2.25. The molecule has 14 heavy (non-hydrogen) atoms. The molecule has 1 aromatic heterocycles. The van der Waals surface area contributed by atoms with Gasteiger partial charge in [0.1, 0.15) is 0 Å². The Kier molecular flexibility index (Phi) is 2.59. The summed E-state index contributed by atoms with van der Waals surface area (Å²) in [4.78, 5) is 13.1. The number of carbonyl (C=O) groups excluding carboxylic acids is 1. The van der Waals surface area contributed by atoms with Crippen LogP contribution >= 0.6 is 11.3 Å². The van der Waals surface area contributed by atoms with Gasteiger partial charge in [-0.25, -0.2) is 0 Å². The monoisotopic (exact) mass is 209 g/mol. The molecule has 0 bridgehead atoms. The molecule has 1 aliphatic rings. The highest BCUT2D eigenvalue weighted by molar-refractivity contribution is 7.14. The average Bonchev–Trinajstić information content (AvgIpc) is 2.59. The SMILES string of the molecule is CC[C@H]1CCc2sc(C(N)=O)cc2C1. The lowest BCUT2D eigenvalue weighted by atomic mass is 9.87. The van der Waals surface area contributed by atoms with Crippen LogP contribution in [-0.4, -0.2) is 5.91 Å². The average molecular weight is 209 g/mol. The van der Waals surface area contributed by atoms with E-state index in [2.05, 4.69) is 6.92 Å². The molecule has 0 unspecified atom stereocenters. The van der Waals surface area contributed by atoms with Crippen molar-refractivity contribution >= 4 is 17.2 Å². The second-order valence-electron chi connectivity index (χ2n) is 3.94. The van der Waals surface area contributed by atoms with Crippen molar-refractivity contribution in [1.29, 1.82) is 0 Å². The molecule has 1 atom stereocenters. The van der Waals surface area contributed by atoms with Gasteiger partial charge < -0.3 is 5.73 Å². The van der Waals surface area contributed by atoms with E-state index in [0.29, 0.717) is 0 Å². The summed E-state index contributed by atoms with van der Waals surface area (Å²) in [6.07, 6.45) is 4.77. The lowest BCUT2D eigenvalue weighted by molar-refractivity contribution is 0.100. The number of rotatable bonds is 2. The number of aryl methyl sites for hydroxylation is 1. The van der Waals surface area contributed by atoms with Gasteiger partial charge in [-0.3, -0.25) is 4.79 Å². The Bertz CT molecular complexity index is 356. The van der Waals surface area contributed by atoms with E-state index < -0.39 is 0 Å². The molecular formula is C11H15NOS. The van der Waals surface area contributed by atoms with Crippen LogP contribution in [0, 0.1) is 5.92 Å². The second-order valence-corrected chi connectivity index (χ2v) is 5.08. The third-order valence-corrected chi connectivity index (χ3v) is 4.26. The summed E-state index contributed by atoms with van der Waals surface area (Å²) in [5.41, 5.74) is 6.63. The molecule has 2 nitrogen and oxygen atoms in total. The fourth-order valence-electron chi connectivity index (χ4n) is 2.07. The van der Waals surface area contributed by atoms with E-state index >= 15 is 0 Å². The van der Waals surface area contributed by atoms with Gasteiger partial charge in [0.15, 0.2) is 0 Å². The molecule has 2 N–H and O–H groups in total. The molecule has 1 heterocycles. The van der Waals surface area contributed by atoms with Gasteiger partial charge in [0.25, 0.3) is 5.91 Å². The number of fused-ring (bicyclic) bond motifs is 1. The predicted octanol–water partition coefficient (Wildman–Crippen LogP) is 2.36. The van der Waals surface area contributed by atoms with Gasteiger partial charge in [0, 0.05) is 4.88 Å². The first kappa shape index (κ1) is 9.71. The van der Waals surface area contributed by atoms with E-state index in [1.165, 1.54) is 23.3 Å². The van der Waals surface area contributed by atoms with Crippen molar-refractivity contribution in [2.45, 2.75) is 32.6 Å². The normalized spacial score (nSPS) is 20.5. The summed E-state index contributed by atoms with van der Waals surface area (Å²) in [6.45, 7) is 2.23. The molecule has 2 rings (SSSR count). The molecule has 0 saturated carbocycles. The van der Waals surface area contributed by atoms with Gasteiger partial charge in [-0.15, -0.1) is 11.3 Å². The second kappa shape index (κ2) is 3.73. The third kappa shape index (κ3) is 1.69. The molecule has 0 saturated heterocycles. The van der Waals surface area contributed by atoms with Gasteiger partial charge in [-0.1, -0.05) is 13.3 Å². The number of amides is 1. The predicted molar refractivity (Wildman–Crippen MR) is 58.6 cm³/mol. The van der Waals surface area contributed by atoms with Crippen LogP contribution < -0.4 is 5.73 Å². The Morgan fingerprint density at radius 1 is 1.71 bits per heavy atom. The lowest BCUT2D eigenvalue weighted by Crippen LogP contribution is -2.11. The maximum absolute atomic E-state index is 11.0. The van der Waals surface area contributed by atoms with Gasteiger partial charge >= 0.3 is 0 Å². The minimum atomic E-state index is -0.280. The summed E-state index contributed by atoms with van der Waals surface area (Å²) in [5.74, 6) is 0.523. The van der Waals surface area contributed by atoms with Crippen LogP contribution in [0.15, 0.2) is 6.07 Å². The van der Waals surface area contributed by atoms with Gasteiger partial charge in [0.2, 0.25) is 0 Å². The fourth-order valence-corrected chi connectivity index (χ4v) is 3.13. The molecule has 0 spiro atoms. The number of hydrogen-bond acceptors (Lipinski definition) is 2. The standard InChI is InChI=1S/C11H15NOS/c1-2-7-3-4-9-8(5-7)6-10(14-9)11(12)13/h6-7H,2-5H2,1H3,(H2,12,13)/t7-/m0/s1. The fraction of sp³-hybridized carbons (Fsp3) is 0.545. The molecule has 76 valence electrons. The van der Waals surface area contributed by atoms with Crippen LogP contribution in [0.3, 0.4) is 0 Å². The Morgan fingerprint density at radius 2 is 2.50 bits per heavy atom. The summed E-state index contributed by atoms with van der Waals surface area (Å²) in [7, 11) is 0. The molecule has 0 radical (unpaired) electrons. The Labute approximate surface area is 88.1 Å². The summed E-state index contributed by atoms with van der Waals surface area (Å²) < 4.78 is 0. The smallest absolute Gasteiger partial charge is 0.258 e. The van der Waals surface area contributed by atoms with E-state index in [0.717, 1.165) is 23.6 Å². The highest BCUT2D eigenvalue weighted by Crippen LogP contribution is 2.33. The Morgan fingerprint density at radius 3 is 3.14 bits per heavy atom. The van der Waals surface area contributed by atoms with Crippen LogP contribution in [-0.2, 0) is 12.8 Å². The summed E-state index contributed by atoms with van der Waals surface area (Å²) >= 11 is 1.58. The highest BCUT2D eigenvalue weighted by atomic mass is 32.1. The zero-order valence-corrected chi connectivity index (χ0v) is 9.19. The van der Waals surface area contributed by atoms with Crippen molar-refractivity contribution in [3.05, 3.63) is 21.4 Å². The van der Waals surface area contributed by atoms with Crippen LogP contribution in [0.25, 0.3) is 0 Å². The summed E-state index contributed by atoms with van der Waals surface area (Å²) in [6, 6.07) is 1.99. The number of primary amides is 1. The Hall–Kier alpha value is -0.830. The molecule has 0 aliphatic heterocycles. The number of carbonyl (C=O) groups is 1. The number of thiophene rings is 1. The summed E-state index contributed by atoms with van der Waals surface area (Å²) in [5, 5.41) is 0. The van der Waals surface area contributed by atoms with Crippen molar-refractivity contribution in [3.63, 3.8) is 0 Å². The van der Waals surface area contributed by atoms with E-state index in [9.17, 15) is 4.79 Å². The quantitative estimate of drug-likeness (QED) is 0.798. The first-order valence-corrected chi connectivity index (χ1v) is 5.93. The molecule has 1 aliphatic carbocycles. The minimum absolute atomic E-state index is 0.280. The van der Waals surface area contributed by atoms with E-state index in [1.54, 1.807) is 11.3 Å². The molecule has 0 fully saturated rings. The van der Waals surface area contributed by atoms with Crippen LogP contribution in [0.2, 0.25) is 0 Å². The van der Waals surface area contributed by atoms with Crippen molar-refractivity contribution in [2.75, 3.05) is 0 Å². The number of nitrogens with two attached hydrogens (primary N) is 1. The molecular weight excluding hydrogens is 194 g/mol. The minimum Gasteiger partial charge on any atom is -0.365 e. The largest absolute Gasteiger partial charge is 0.365 e. The van der Waals surface area contributed by atoms with E-state index in [1.807, 2.05) is 6.07 Å². The zero-order valence-electron chi connectivity index (χ0n) is 8.38. The first-order valence-electron chi connectivity index (χ1n) is 5.12. The van der Waals surface area contributed by atoms with Gasteiger partial charge in [-0.05, 0) is 36.8 Å². The molecule has 1 aromatic rings. The molecule has 0 aromatic carbocycles. The van der Waals surface area contributed by atoms with Crippen LogP contribution in [0.1, 0.15) is 39.9 Å². The van der Waals surface area contributed by atoms with Crippen molar-refractivity contribution in [3.8, 4) is 0 Å². The van der Waals surface area contributed by atoms with E-state index in [-0.39, 0.29) is 5.91 Å². The van der Waals surface area contributed by atoms with Gasteiger partial charge in [-0.2, -0.15) is 0 Å². The van der Waals surface area contributed by atoms with Crippen molar-refractivity contribution < 1.29 is 4.79 Å². The maximum Gasteiger partial charge on any atom is 0.258 e. The van der Waals surface area contributed by atoms with Crippen molar-refractivity contribution in [1.82, 2.24) is 0 Å². The van der Waals surface area contributed by atoms with E-state index in [4.69, 9.17) is 5.73 Å². The zero-order chi connectivity index (χ0) is 10.1. The third-order valence-electron chi connectivity index (χ3n) is 3.01. The first-order chi connectivity index (χ1) is 6.70. The van der Waals surface area contributed by atoms with Gasteiger partial charge in [0.05, 0.1) is 4.88 Å².